The van der Waals surface area contributed by atoms with Crippen molar-refractivity contribution in [1.82, 2.24) is 5.32 Å². The van der Waals surface area contributed by atoms with Crippen molar-refractivity contribution in [3.8, 4) is 11.8 Å². The summed E-state index contributed by atoms with van der Waals surface area (Å²) in [4.78, 5) is 12.1. The molecule has 0 fully saturated rings. The minimum atomic E-state index is -0.939. The van der Waals surface area contributed by atoms with Crippen LogP contribution in [0.3, 0.4) is 0 Å². The molecule has 31 heavy (non-hydrogen) atoms. The van der Waals surface area contributed by atoms with E-state index in [1.54, 1.807) is 18.2 Å². The molecule has 6 nitrogen and oxygen atoms in total. The lowest BCUT2D eigenvalue weighted by atomic mass is 10.1. The van der Waals surface area contributed by atoms with Crippen molar-refractivity contribution >= 4 is 11.7 Å². The summed E-state index contributed by atoms with van der Waals surface area (Å²) in [6.07, 6.45) is -0.581. The smallest absolute Gasteiger partial charge is 0.319 e. The van der Waals surface area contributed by atoms with Crippen LogP contribution in [0.4, 0.5) is 14.9 Å². The second-order valence-corrected chi connectivity index (χ2v) is 6.87. The van der Waals surface area contributed by atoms with Crippen LogP contribution in [0.1, 0.15) is 22.8 Å². The highest BCUT2D eigenvalue weighted by Crippen LogP contribution is 2.17. The molecule has 0 saturated carbocycles. The SMILES string of the molecule is N#CCc1ccc(OCc2cccc(NC(=O)NCC(O)c3ccc(F)cc3)c2)cc1. The number of anilines is 1. The van der Waals surface area contributed by atoms with E-state index in [1.807, 2.05) is 30.3 Å². The average Bonchev–Trinajstić information content (AvgIpc) is 2.78. The van der Waals surface area contributed by atoms with Gasteiger partial charge >= 0.3 is 6.03 Å². The molecule has 1 unspecified atom stereocenters. The Balaban J connectivity index is 1.48. The monoisotopic (exact) mass is 419 g/mol. The third kappa shape index (κ3) is 6.84. The summed E-state index contributed by atoms with van der Waals surface area (Å²) in [6.45, 7) is 0.306. The standard InChI is InChI=1S/C24H22FN3O3/c25-20-8-6-19(7-9-20)23(29)15-27-24(30)28-21-3-1-2-18(14-21)16-31-22-10-4-17(5-11-22)12-13-26/h1-11,14,23,29H,12,15-16H2,(H2,27,28,30). The number of hydrogen-bond acceptors (Lipinski definition) is 4. The molecule has 0 spiro atoms. The van der Waals surface area contributed by atoms with Gasteiger partial charge in [0.25, 0.3) is 0 Å². The second kappa shape index (κ2) is 10.8. The topological polar surface area (TPSA) is 94.4 Å². The third-order valence-corrected chi connectivity index (χ3v) is 4.51. The van der Waals surface area contributed by atoms with E-state index in [1.165, 1.54) is 24.3 Å². The lowest BCUT2D eigenvalue weighted by molar-refractivity contribution is 0.175. The van der Waals surface area contributed by atoms with Gasteiger partial charge in [-0.3, -0.25) is 0 Å². The Labute approximate surface area is 179 Å². The Morgan fingerprint density at radius 2 is 1.81 bits per heavy atom. The lowest BCUT2D eigenvalue weighted by Crippen LogP contribution is -2.32. The van der Waals surface area contributed by atoms with Crippen LogP contribution in [0.15, 0.2) is 72.8 Å². The molecule has 0 aliphatic heterocycles. The van der Waals surface area contributed by atoms with E-state index in [0.29, 0.717) is 30.0 Å². The zero-order valence-corrected chi connectivity index (χ0v) is 16.7. The van der Waals surface area contributed by atoms with Gasteiger partial charge in [-0.2, -0.15) is 5.26 Å². The molecule has 158 valence electrons. The van der Waals surface area contributed by atoms with Crippen LogP contribution in [0, 0.1) is 17.1 Å². The van der Waals surface area contributed by atoms with Gasteiger partial charge in [0.05, 0.1) is 18.6 Å². The first kappa shape index (κ1) is 21.8. The number of urea groups is 1. The summed E-state index contributed by atoms with van der Waals surface area (Å²) in [5.41, 5.74) is 2.89. The summed E-state index contributed by atoms with van der Waals surface area (Å²) in [6, 6.07) is 21.6. The first-order valence-electron chi connectivity index (χ1n) is 9.69. The van der Waals surface area contributed by atoms with Crippen LogP contribution < -0.4 is 15.4 Å². The van der Waals surface area contributed by atoms with Gasteiger partial charge in [-0.25, -0.2) is 9.18 Å². The van der Waals surface area contributed by atoms with Crippen LogP contribution in [0.2, 0.25) is 0 Å². The number of amides is 2. The number of carbonyl (C=O) groups is 1. The van der Waals surface area contributed by atoms with Crippen LogP contribution in [0.5, 0.6) is 5.75 Å². The average molecular weight is 419 g/mol. The van der Waals surface area contributed by atoms with E-state index in [4.69, 9.17) is 10.00 Å². The molecule has 0 radical (unpaired) electrons. The summed E-state index contributed by atoms with van der Waals surface area (Å²) in [5.74, 6) is 0.300. The Bertz CT molecular complexity index is 1050. The fourth-order valence-corrected chi connectivity index (χ4v) is 2.87. The van der Waals surface area contributed by atoms with Crippen molar-refractivity contribution in [2.45, 2.75) is 19.1 Å². The molecule has 2 amide bonds. The highest BCUT2D eigenvalue weighted by Gasteiger charge is 2.10. The number of aliphatic hydroxyl groups excluding tert-OH is 1. The quantitative estimate of drug-likeness (QED) is 0.507. The van der Waals surface area contributed by atoms with Crippen molar-refractivity contribution in [3.05, 3.63) is 95.3 Å². The Morgan fingerprint density at radius 1 is 1.06 bits per heavy atom. The second-order valence-electron chi connectivity index (χ2n) is 6.87. The maximum atomic E-state index is 13.0. The molecule has 1 atom stereocenters. The third-order valence-electron chi connectivity index (χ3n) is 4.51. The molecule has 3 aromatic carbocycles. The molecule has 3 aromatic rings. The number of halogens is 1. The Hall–Kier alpha value is -3.89. The van der Waals surface area contributed by atoms with Crippen molar-refractivity contribution in [1.29, 1.82) is 5.26 Å². The number of nitriles is 1. The van der Waals surface area contributed by atoms with Gasteiger partial charge in [-0.15, -0.1) is 0 Å². The molecule has 0 bridgehead atoms. The van der Waals surface area contributed by atoms with Gasteiger partial charge in [-0.1, -0.05) is 36.4 Å². The van der Waals surface area contributed by atoms with Crippen LogP contribution >= 0.6 is 0 Å². The fraction of sp³-hybridized carbons (Fsp3) is 0.167. The maximum Gasteiger partial charge on any atom is 0.319 e. The number of aliphatic hydroxyl groups is 1. The van der Waals surface area contributed by atoms with Crippen molar-refractivity contribution in [3.63, 3.8) is 0 Å². The molecule has 7 heteroatoms. The van der Waals surface area contributed by atoms with E-state index in [0.717, 1.165) is 11.1 Å². The number of benzene rings is 3. The minimum absolute atomic E-state index is 0.0118. The predicted octanol–water partition coefficient (Wildman–Crippen LogP) is 4.33. The van der Waals surface area contributed by atoms with Crippen molar-refractivity contribution < 1.29 is 19.0 Å². The number of ether oxygens (including phenoxy) is 1. The van der Waals surface area contributed by atoms with Gasteiger partial charge in [0.1, 0.15) is 18.2 Å². The van der Waals surface area contributed by atoms with Crippen molar-refractivity contribution in [2.24, 2.45) is 0 Å². The van der Waals surface area contributed by atoms with Crippen molar-refractivity contribution in [2.75, 3.05) is 11.9 Å². The van der Waals surface area contributed by atoms with Crippen LogP contribution in [-0.2, 0) is 13.0 Å². The Morgan fingerprint density at radius 3 is 2.52 bits per heavy atom. The van der Waals surface area contributed by atoms with E-state index in [-0.39, 0.29) is 12.4 Å². The molecule has 0 aliphatic carbocycles. The number of hydrogen-bond donors (Lipinski definition) is 3. The molecule has 0 aromatic heterocycles. The summed E-state index contributed by atoms with van der Waals surface area (Å²) < 4.78 is 18.7. The first-order valence-corrected chi connectivity index (χ1v) is 9.69. The molecular formula is C24H22FN3O3. The zero-order valence-electron chi connectivity index (χ0n) is 16.7. The lowest BCUT2D eigenvalue weighted by Gasteiger charge is -2.13. The summed E-state index contributed by atoms with van der Waals surface area (Å²) in [5, 5.41) is 24.1. The number of nitrogens with one attached hydrogen (secondary N) is 2. The predicted molar refractivity (Wildman–Crippen MR) is 115 cm³/mol. The molecule has 3 rings (SSSR count). The van der Waals surface area contributed by atoms with Gasteiger partial charge in [0, 0.05) is 12.2 Å². The summed E-state index contributed by atoms with van der Waals surface area (Å²) in [7, 11) is 0. The largest absolute Gasteiger partial charge is 0.489 e. The van der Waals surface area contributed by atoms with Crippen LogP contribution in [0.25, 0.3) is 0 Å². The summed E-state index contributed by atoms with van der Waals surface area (Å²) >= 11 is 0. The Kier molecular flexibility index (Phi) is 7.57. The van der Waals surface area contributed by atoms with Gasteiger partial charge in [-0.05, 0) is 53.1 Å². The van der Waals surface area contributed by atoms with E-state index in [2.05, 4.69) is 16.7 Å². The van der Waals surface area contributed by atoms with E-state index >= 15 is 0 Å². The van der Waals surface area contributed by atoms with Crippen LogP contribution in [-0.4, -0.2) is 17.7 Å². The number of carbonyl (C=O) groups excluding carboxylic acids is 1. The number of rotatable bonds is 8. The zero-order chi connectivity index (χ0) is 22.1. The minimum Gasteiger partial charge on any atom is -0.489 e. The molecule has 0 aliphatic rings. The van der Waals surface area contributed by atoms with Gasteiger partial charge < -0.3 is 20.5 Å². The van der Waals surface area contributed by atoms with Gasteiger partial charge in [0.2, 0.25) is 0 Å². The highest BCUT2D eigenvalue weighted by atomic mass is 19.1. The fourth-order valence-electron chi connectivity index (χ4n) is 2.87. The number of nitrogens with zero attached hydrogens (tertiary/aromatic N) is 1. The molecule has 3 N–H and O–H groups in total. The molecule has 0 heterocycles. The van der Waals surface area contributed by atoms with E-state index < -0.39 is 12.1 Å². The van der Waals surface area contributed by atoms with E-state index in [9.17, 15) is 14.3 Å². The highest BCUT2D eigenvalue weighted by molar-refractivity contribution is 5.89. The first-order chi connectivity index (χ1) is 15.0. The normalized spacial score (nSPS) is 11.3. The van der Waals surface area contributed by atoms with Gasteiger partial charge in [0.15, 0.2) is 0 Å². The molecular weight excluding hydrogens is 397 g/mol. The molecule has 0 saturated heterocycles. The maximum absolute atomic E-state index is 13.0.